The van der Waals surface area contributed by atoms with Gasteiger partial charge in [-0.25, -0.2) is 8.42 Å². The SMILES string of the molecule is O=S(=O)(c1cccc(Cl)c1)N1CCN(CCc2ccccn2)CC1. The number of rotatable bonds is 5. The van der Waals surface area contributed by atoms with Gasteiger partial charge in [0.1, 0.15) is 0 Å². The van der Waals surface area contributed by atoms with E-state index in [-0.39, 0.29) is 4.90 Å². The molecule has 3 rings (SSSR count). The van der Waals surface area contributed by atoms with Gasteiger partial charge in [-0.2, -0.15) is 4.31 Å². The lowest BCUT2D eigenvalue weighted by atomic mass is 10.2. The molecule has 0 unspecified atom stereocenters. The first kappa shape index (κ1) is 17.4. The minimum absolute atomic E-state index is 0.261. The Bertz CT molecular complexity index is 775. The van der Waals surface area contributed by atoms with Crippen molar-refractivity contribution in [2.24, 2.45) is 0 Å². The topological polar surface area (TPSA) is 53.5 Å². The van der Waals surface area contributed by atoms with Crippen molar-refractivity contribution >= 4 is 21.6 Å². The second-order valence-corrected chi connectivity index (χ2v) is 8.15. The maximum Gasteiger partial charge on any atom is 0.243 e. The summed E-state index contributed by atoms with van der Waals surface area (Å²) in [6, 6.07) is 12.3. The standard InChI is InChI=1S/C17H20ClN3O2S/c18-15-4-3-6-17(14-15)24(22,23)21-12-10-20(11-13-21)9-7-16-5-1-2-8-19-16/h1-6,8,14H,7,9-13H2. The summed E-state index contributed by atoms with van der Waals surface area (Å²) in [4.78, 5) is 6.86. The Morgan fingerprint density at radius 3 is 2.50 bits per heavy atom. The van der Waals surface area contributed by atoms with E-state index >= 15 is 0 Å². The molecule has 1 aromatic carbocycles. The van der Waals surface area contributed by atoms with Crippen LogP contribution in [0.3, 0.4) is 0 Å². The summed E-state index contributed by atoms with van der Waals surface area (Å²) in [6.07, 6.45) is 2.67. The number of benzene rings is 1. The molecule has 0 atom stereocenters. The van der Waals surface area contributed by atoms with Gasteiger partial charge in [-0.1, -0.05) is 23.7 Å². The number of hydrogen-bond acceptors (Lipinski definition) is 4. The molecule has 0 bridgehead atoms. The molecule has 1 fully saturated rings. The van der Waals surface area contributed by atoms with E-state index in [0.717, 1.165) is 31.7 Å². The highest BCUT2D eigenvalue weighted by molar-refractivity contribution is 7.89. The smallest absolute Gasteiger partial charge is 0.243 e. The van der Waals surface area contributed by atoms with E-state index in [1.165, 1.54) is 10.4 Å². The molecule has 1 aliphatic rings. The number of aromatic nitrogens is 1. The molecule has 0 saturated carbocycles. The van der Waals surface area contributed by atoms with Gasteiger partial charge in [-0.15, -0.1) is 0 Å². The second kappa shape index (κ2) is 7.61. The van der Waals surface area contributed by atoms with E-state index in [1.807, 2.05) is 18.2 Å². The van der Waals surface area contributed by atoms with Gasteiger partial charge in [0.2, 0.25) is 10.0 Å². The van der Waals surface area contributed by atoms with Crippen LogP contribution >= 0.6 is 11.6 Å². The Labute approximate surface area is 147 Å². The highest BCUT2D eigenvalue weighted by Crippen LogP contribution is 2.20. The fourth-order valence-corrected chi connectivity index (χ4v) is 4.51. The first-order chi connectivity index (χ1) is 11.6. The Morgan fingerprint density at radius 2 is 1.83 bits per heavy atom. The van der Waals surface area contributed by atoms with Gasteiger partial charge in [-0.05, 0) is 30.3 Å². The zero-order valence-electron chi connectivity index (χ0n) is 13.3. The molecule has 0 N–H and O–H groups in total. The summed E-state index contributed by atoms with van der Waals surface area (Å²) in [6.45, 7) is 3.34. The van der Waals surface area contributed by atoms with Crippen molar-refractivity contribution in [1.82, 2.24) is 14.2 Å². The first-order valence-corrected chi connectivity index (χ1v) is 9.75. The lowest BCUT2D eigenvalue weighted by Crippen LogP contribution is -2.49. The fraction of sp³-hybridized carbons (Fsp3) is 0.353. The summed E-state index contributed by atoms with van der Waals surface area (Å²) >= 11 is 5.92. The molecule has 1 saturated heterocycles. The van der Waals surface area contributed by atoms with Gasteiger partial charge in [0.25, 0.3) is 0 Å². The van der Waals surface area contributed by atoms with Gasteiger partial charge in [0.05, 0.1) is 4.90 Å². The van der Waals surface area contributed by atoms with E-state index in [2.05, 4.69) is 9.88 Å². The molecule has 2 heterocycles. The molecule has 7 heteroatoms. The van der Waals surface area contributed by atoms with Crippen LogP contribution in [0.1, 0.15) is 5.69 Å². The highest BCUT2D eigenvalue weighted by Gasteiger charge is 2.28. The van der Waals surface area contributed by atoms with Gasteiger partial charge >= 0.3 is 0 Å². The molecule has 1 aromatic heterocycles. The van der Waals surface area contributed by atoms with Gasteiger partial charge in [0.15, 0.2) is 0 Å². The van der Waals surface area contributed by atoms with E-state index in [9.17, 15) is 8.42 Å². The molecular formula is C17H20ClN3O2S. The lowest BCUT2D eigenvalue weighted by molar-refractivity contribution is 0.190. The third-order valence-corrected chi connectivity index (χ3v) is 6.31. The maximum atomic E-state index is 12.7. The Hall–Kier alpha value is -1.47. The van der Waals surface area contributed by atoms with Crippen LogP contribution < -0.4 is 0 Å². The van der Waals surface area contributed by atoms with Gasteiger partial charge in [0, 0.05) is 56.1 Å². The predicted octanol–water partition coefficient (Wildman–Crippen LogP) is 2.28. The van der Waals surface area contributed by atoms with Crippen molar-refractivity contribution in [2.45, 2.75) is 11.3 Å². The number of hydrogen-bond donors (Lipinski definition) is 0. The molecule has 1 aliphatic heterocycles. The van der Waals surface area contributed by atoms with Crippen LogP contribution in [-0.4, -0.2) is 55.3 Å². The zero-order valence-corrected chi connectivity index (χ0v) is 14.9. The predicted molar refractivity (Wildman–Crippen MR) is 94.6 cm³/mol. The number of pyridine rings is 1. The summed E-state index contributed by atoms with van der Waals surface area (Å²) < 4.78 is 26.9. The van der Waals surface area contributed by atoms with Crippen molar-refractivity contribution in [3.63, 3.8) is 0 Å². The summed E-state index contributed by atoms with van der Waals surface area (Å²) in [5.41, 5.74) is 1.06. The molecule has 0 radical (unpaired) electrons. The van der Waals surface area contributed by atoms with Crippen LogP contribution in [-0.2, 0) is 16.4 Å². The van der Waals surface area contributed by atoms with E-state index in [0.29, 0.717) is 18.1 Å². The van der Waals surface area contributed by atoms with E-state index in [1.54, 1.807) is 24.4 Å². The number of halogens is 1. The van der Waals surface area contributed by atoms with Gasteiger partial charge < -0.3 is 4.90 Å². The number of nitrogens with zero attached hydrogens (tertiary/aromatic N) is 3. The van der Waals surface area contributed by atoms with Crippen LogP contribution in [0.2, 0.25) is 5.02 Å². The minimum atomic E-state index is -3.47. The average Bonchev–Trinajstić information content (AvgIpc) is 2.61. The molecule has 0 spiro atoms. The first-order valence-electron chi connectivity index (χ1n) is 7.94. The molecule has 128 valence electrons. The van der Waals surface area contributed by atoms with Crippen molar-refractivity contribution in [2.75, 3.05) is 32.7 Å². The van der Waals surface area contributed by atoms with E-state index in [4.69, 9.17) is 11.6 Å². The van der Waals surface area contributed by atoms with Crippen LogP contribution in [0.25, 0.3) is 0 Å². The van der Waals surface area contributed by atoms with Crippen LogP contribution in [0.15, 0.2) is 53.6 Å². The summed E-state index contributed by atoms with van der Waals surface area (Å²) in [7, 11) is -3.47. The molecule has 5 nitrogen and oxygen atoms in total. The molecule has 0 aliphatic carbocycles. The zero-order chi connectivity index (χ0) is 17.0. The second-order valence-electron chi connectivity index (χ2n) is 5.77. The van der Waals surface area contributed by atoms with E-state index < -0.39 is 10.0 Å². The molecule has 0 amide bonds. The average molecular weight is 366 g/mol. The van der Waals surface area contributed by atoms with Crippen molar-refractivity contribution in [3.05, 3.63) is 59.4 Å². The third-order valence-electron chi connectivity index (χ3n) is 4.18. The van der Waals surface area contributed by atoms with Gasteiger partial charge in [-0.3, -0.25) is 4.98 Å². The van der Waals surface area contributed by atoms with Crippen LogP contribution in [0.4, 0.5) is 0 Å². The Balaban J connectivity index is 1.56. The number of sulfonamides is 1. The number of piperazine rings is 1. The van der Waals surface area contributed by atoms with Crippen LogP contribution in [0, 0.1) is 0 Å². The van der Waals surface area contributed by atoms with Crippen molar-refractivity contribution in [1.29, 1.82) is 0 Å². The fourth-order valence-electron chi connectivity index (χ4n) is 2.79. The van der Waals surface area contributed by atoms with Crippen molar-refractivity contribution in [3.8, 4) is 0 Å². The Kier molecular flexibility index (Phi) is 5.50. The Morgan fingerprint density at radius 1 is 1.04 bits per heavy atom. The summed E-state index contributed by atoms with van der Waals surface area (Å²) in [5, 5.41) is 0.435. The monoisotopic (exact) mass is 365 g/mol. The van der Waals surface area contributed by atoms with Crippen molar-refractivity contribution < 1.29 is 8.42 Å². The molecular weight excluding hydrogens is 346 g/mol. The molecule has 24 heavy (non-hydrogen) atoms. The minimum Gasteiger partial charge on any atom is -0.300 e. The highest BCUT2D eigenvalue weighted by atomic mass is 35.5. The maximum absolute atomic E-state index is 12.7. The molecule has 2 aromatic rings. The normalized spacial score (nSPS) is 17.0. The quantitative estimate of drug-likeness (QED) is 0.815. The van der Waals surface area contributed by atoms with Crippen LogP contribution in [0.5, 0.6) is 0 Å². The lowest BCUT2D eigenvalue weighted by Gasteiger charge is -2.33. The largest absolute Gasteiger partial charge is 0.300 e. The third kappa shape index (κ3) is 4.13. The summed E-state index contributed by atoms with van der Waals surface area (Å²) in [5.74, 6) is 0.